The lowest BCUT2D eigenvalue weighted by atomic mass is 9.96. The molecule has 1 aromatic heterocycles. The summed E-state index contributed by atoms with van der Waals surface area (Å²) in [6.45, 7) is 2.12. The van der Waals surface area contributed by atoms with E-state index in [2.05, 4.69) is 10.2 Å². The van der Waals surface area contributed by atoms with Crippen molar-refractivity contribution in [1.82, 2.24) is 10.2 Å². The molecule has 1 heterocycles. The average molecular weight is 327 g/mol. The monoisotopic (exact) mass is 326 g/mol. The standard InChI is InChI=1S/C18H15ClN2O2/c1-2-23-17(22)11-14(12-6-4-3-5-7-12)13-8-9-16-15(10-13)18(19)21-20-16/h3-11H,2H2,1H3,(H,20,21)/b14-11-. The third kappa shape index (κ3) is 3.27. The minimum atomic E-state index is -0.371. The number of nitrogens with zero attached hydrogens (tertiary/aromatic N) is 1. The zero-order valence-electron chi connectivity index (χ0n) is 12.5. The number of esters is 1. The van der Waals surface area contributed by atoms with E-state index in [1.54, 1.807) is 6.92 Å². The topological polar surface area (TPSA) is 55.0 Å². The van der Waals surface area contributed by atoms with Gasteiger partial charge in [-0.15, -0.1) is 0 Å². The first kappa shape index (κ1) is 15.3. The van der Waals surface area contributed by atoms with Crippen LogP contribution in [0.15, 0.2) is 54.6 Å². The Labute approximate surface area is 138 Å². The third-order valence-electron chi connectivity index (χ3n) is 3.46. The second-order valence-electron chi connectivity index (χ2n) is 4.95. The highest BCUT2D eigenvalue weighted by molar-refractivity contribution is 6.34. The maximum atomic E-state index is 11.9. The predicted molar refractivity (Wildman–Crippen MR) is 91.3 cm³/mol. The van der Waals surface area contributed by atoms with Gasteiger partial charge in [0.25, 0.3) is 0 Å². The predicted octanol–water partition coefficient (Wildman–Crippen LogP) is 4.21. The van der Waals surface area contributed by atoms with Crippen molar-refractivity contribution in [3.63, 3.8) is 0 Å². The zero-order valence-corrected chi connectivity index (χ0v) is 13.3. The average Bonchev–Trinajstić information content (AvgIpc) is 2.94. The summed E-state index contributed by atoms with van der Waals surface area (Å²) in [6, 6.07) is 15.4. The van der Waals surface area contributed by atoms with Gasteiger partial charge in [0.1, 0.15) is 0 Å². The molecule has 0 atom stereocenters. The number of rotatable bonds is 4. The van der Waals surface area contributed by atoms with Gasteiger partial charge < -0.3 is 4.74 Å². The number of ether oxygens (including phenoxy) is 1. The molecule has 0 bridgehead atoms. The van der Waals surface area contributed by atoms with Crippen LogP contribution in [0.4, 0.5) is 0 Å². The van der Waals surface area contributed by atoms with Crippen molar-refractivity contribution in [3.8, 4) is 0 Å². The highest BCUT2D eigenvalue weighted by atomic mass is 35.5. The Morgan fingerprint density at radius 2 is 2.00 bits per heavy atom. The number of fused-ring (bicyclic) bond motifs is 1. The molecule has 0 saturated heterocycles. The molecule has 0 amide bonds. The van der Waals surface area contributed by atoms with Crippen molar-refractivity contribution < 1.29 is 9.53 Å². The molecule has 0 spiro atoms. The van der Waals surface area contributed by atoms with E-state index in [1.165, 1.54) is 6.08 Å². The molecule has 0 aliphatic carbocycles. The number of nitrogens with one attached hydrogen (secondary N) is 1. The molecule has 0 aliphatic heterocycles. The highest BCUT2D eigenvalue weighted by Crippen LogP contribution is 2.28. The van der Waals surface area contributed by atoms with Crippen molar-refractivity contribution in [3.05, 3.63) is 70.9 Å². The van der Waals surface area contributed by atoms with Crippen LogP contribution < -0.4 is 0 Å². The lowest BCUT2D eigenvalue weighted by molar-refractivity contribution is -0.137. The first-order chi connectivity index (χ1) is 11.2. The van der Waals surface area contributed by atoms with E-state index in [0.29, 0.717) is 11.8 Å². The molecule has 0 saturated carbocycles. The molecule has 4 nitrogen and oxygen atoms in total. The number of aromatic amines is 1. The molecule has 0 radical (unpaired) electrons. The number of hydrogen-bond donors (Lipinski definition) is 1. The summed E-state index contributed by atoms with van der Waals surface area (Å²) < 4.78 is 5.05. The van der Waals surface area contributed by atoms with E-state index in [0.717, 1.165) is 27.6 Å². The zero-order chi connectivity index (χ0) is 16.2. The van der Waals surface area contributed by atoms with E-state index in [9.17, 15) is 4.79 Å². The first-order valence-corrected chi connectivity index (χ1v) is 7.64. The summed E-state index contributed by atoms with van der Waals surface area (Å²) >= 11 is 6.10. The van der Waals surface area contributed by atoms with Crippen molar-refractivity contribution in [2.75, 3.05) is 6.61 Å². The fraction of sp³-hybridized carbons (Fsp3) is 0.111. The van der Waals surface area contributed by atoms with Gasteiger partial charge in [-0.1, -0.05) is 48.0 Å². The molecule has 116 valence electrons. The highest BCUT2D eigenvalue weighted by Gasteiger charge is 2.11. The minimum Gasteiger partial charge on any atom is -0.463 e. The van der Waals surface area contributed by atoms with Gasteiger partial charge in [0.15, 0.2) is 5.15 Å². The lowest BCUT2D eigenvalue weighted by Gasteiger charge is -2.09. The summed E-state index contributed by atoms with van der Waals surface area (Å²) in [5, 5.41) is 8.07. The summed E-state index contributed by atoms with van der Waals surface area (Å²) in [7, 11) is 0. The Kier molecular flexibility index (Phi) is 4.44. The summed E-state index contributed by atoms with van der Waals surface area (Å²) in [5.74, 6) is -0.371. The summed E-state index contributed by atoms with van der Waals surface area (Å²) in [6.07, 6.45) is 1.51. The van der Waals surface area contributed by atoms with Crippen molar-refractivity contribution in [1.29, 1.82) is 0 Å². The molecule has 0 unspecified atom stereocenters. The van der Waals surface area contributed by atoms with Gasteiger partial charge in [-0.05, 0) is 35.8 Å². The first-order valence-electron chi connectivity index (χ1n) is 7.27. The number of carbonyl (C=O) groups is 1. The molecule has 23 heavy (non-hydrogen) atoms. The van der Waals surface area contributed by atoms with Gasteiger partial charge in [0.05, 0.1) is 12.1 Å². The van der Waals surface area contributed by atoms with E-state index in [-0.39, 0.29) is 5.97 Å². The maximum Gasteiger partial charge on any atom is 0.331 e. The molecular formula is C18H15ClN2O2. The van der Waals surface area contributed by atoms with Crippen molar-refractivity contribution in [2.45, 2.75) is 6.92 Å². The Balaban J connectivity index is 2.13. The number of carbonyl (C=O) groups excluding carboxylic acids is 1. The van der Waals surface area contributed by atoms with Crippen LogP contribution in [0.25, 0.3) is 16.5 Å². The Hall–Kier alpha value is -2.59. The second kappa shape index (κ2) is 6.67. The number of benzene rings is 2. The number of halogens is 1. The van der Waals surface area contributed by atoms with E-state index in [1.807, 2.05) is 48.5 Å². The lowest BCUT2D eigenvalue weighted by Crippen LogP contribution is -2.01. The Morgan fingerprint density at radius 3 is 2.74 bits per heavy atom. The van der Waals surface area contributed by atoms with Gasteiger partial charge in [-0.25, -0.2) is 4.79 Å². The van der Waals surface area contributed by atoms with Crippen LogP contribution in [-0.2, 0) is 9.53 Å². The third-order valence-corrected chi connectivity index (χ3v) is 3.75. The van der Waals surface area contributed by atoms with Gasteiger partial charge in [-0.3, -0.25) is 5.10 Å². The minimum absolute atomic E-state index is 0.337. The van der Waals surface area contributed by atoms with Crippen LogP contribution in [0.2, 0.25) is 5.15 Å². The molecule has 2 aromatic carbocycles. The molecule has 5 heteroatoms. The molecule has 3 aromatic rings. The Bertz CT molecular complexity index is 869. The smallest absolute Gasteiger partial charge is 0.331 e. The molecular weight excluding hydrogens is 312 g/mol. The van der Waals surface area contributed by atoms with Gasteiger partial charge in [0.2, 0.25) is 0 Å². The summed E-state index contributed by atoms with van der Waals surface area (Å²) in [4.78, 5) is 11.9. The Morgan fingerprint density at radius 1 is 1.22 bits per heavy atom. The number of H-pyrrole nitrogens is 1. The summed E-state index contributed by atoms with van der Waals surface area (Å²) in [5.41, 5.74) is 3.44. The van der Waals surface area contributed by atoms with Crippen LogP contribution in [-0.4, -0.2) is 22.8 Å². The quantitative estimate of drug-likeness (QED) is 0.577. The SMILES string of the molecule is CCOC(=O)/C=C(/c1ccccc1)c1ccc2[nH]nc(Cl)c2c1. The van der Waals surface area contributed by atoms with Crippen LogP contribution in [0.5, 0.6) is 0 Å². The van der Waals surface area contributed by atoms with E-state index in [4.69, 9.17) is 16.3 Å². The number of hydrogen-bond acceptors (Lipinski definition) is 3. The van der Waals surface area contributed by atoms with Gasteiger partial charge in [0, 0.05) is 11.5 Å². The van der Waals surface area contributed by atoms with Gasteiger partial charge >= 0.3 is 5.97 Å². The van der Waals surface area contributed by atoms with Crippen LogP contribution in [0.3, 0.4) is 0 Å². The molecule has 1 N–H and O–H groups in total. The largest absolute Gasteiger partial charge is 0.463 e. The fourth-order valence-corrected chi connectivity index (χ4v) is 2.60. The van der Waals surface area contributed by atoms with E-state index >= 15 is 0 Å². The molecule has 0 aliphatic rings. The second-order valence-corrected chi connectivity index (χ2v) is 5.31. The van der Waals surface area contributed by atoms with Crippen LogP contribution >= 0.6 is 11.6 Å². The molecule has 3 rings (SSSR count). The van der Waals surface area contributed by atoms with Crippen molar-refractivity contribution in [2.24, 2.45) is 0 Å². The number of aromatic nitrogens is 2. The van der Waals surface area contributed by atoms with Crippen LogP contribution in [0, 0.1) is 0 Å². The van der Waals surface area contributed by atoms with E-state index < -0.39 is 0 Å². The van der Waals surface area contributed by atoms with Crippen molar-refractivity contribution >= 4 is 34.0 Å². The fourth-order valence-electron chi connectivity index (χ4n) is 2.40. The maximum absolute atomic E-state index is 11.9. The van der Waals surface area contributed by atoms with Gasteiger partial charge in [-0.2, -0.15) is 5.10 Å². The normalized spacial score (nSPS) is 11.7. The molecule has 0 fully saturated rings. The van der Waals surface area contributed by atoms with Crippen LogP contribution in [0.1, 0.15) is 18.1 Å².